The zero-order chi connectivity index (χ0) is 33.7. The van der Waals surface area contributed by atoms with Crippen LogP contribution in [0, 0.1) is 6.92 Å². The number of amides is 2. The van der Waals surface area contributed by atoms with Gasteiger partial charge in [0.15, 0.2) is 0 Å². The summed E-state index contributed by atoms with van der Waals surface area (Å²) in [7, 11) is 1.80. The highest BCUT2D eigenvalue weighted by Crippen LogP contribution is 2.31. The Hall–Kier alpha value is -4.95. The van der Waals surface area contributed by atoms with Crippen LogP contribution in [0.25, 0.3) is 11.4 Å². The van der Waals surface area contributed by atoms with Crippen LogP contribution in [0.4, 0.5) is 23.0 Å². The number of halogens is 1. The van der Waals surface area contributed by atoms with Crippen molar-refractivity contribution in [3.8, 4) is 11.4 Å². The highest BCUT2D eigenvalue weighted by Gasteiger charge is 2.21. The first-order chi connectivity index (χ1) is 22.7. The molecule has 0 fully saturated rings. The van der Waals surface area contributed by atoms with E-state index >= 15 is 0 Å². The molecule has 2 aromatic heterocycles. The van der Waals surface area contributed by atoms with Crippen molar-refractivity contribution >= 4 is 46.4 Å². The van der Waals surface area contributed by atoms with E-state index in [1.54, 1.807) is 36.0 Å². The Kier molecular flexibility index (Phi) is 10.4. The summed E-state index contributed by atoms with van der Waals surface area (Å²) < 4.78 is 1.74. The average Bonchev–Trinajstić information content (AvgIpc) is 3.39. The number of rotatable bonds is 11. The van der Waals surface area contributed by atoms with Crippen molar-refractivity contribution in [2.24, 2.45) is 7.05 Å². The van der Waals surface area contributed by atoms with Gasteiger partial charge in [0.05, 0.1) is 17.0 Å². The van der Waals surface area contributed by atoms with Crippen LogP contribution >= 0.6 is 11.6 Å². The van der Waals surface area contributed by atoms with Crippen molar-refractivity contribution < 1.29 is 9.59 Å². The second-order valence-electron chi connectivity index (χ2n) is 11.4. The molecule has 5 rings (SSSR count). The smallest absolute Gasteiger partial charge is 0.258 e. The number of carbonyl (C=O) groups excluding carboxylic acids is 2. The molecular weight excluding hydrogens is 608 g/mol. The average molecular weight is 649 g/mol. The summed E-state index contributed by atoms with van der Waals surface area (Å²) in [6, 6.07) is 21.2. The SMILES string of the molecule is CCc1cccc(CC)c1NC(=O)c1ccc(Nc2nccc(-c3cc(C(=O)Nc4c(CC)cccc4CC)c(Cl)n3C)n2)c(C)c1. The molecule has 0 bridgehead atoms. The van der Waals surface area contributed by atoms with Gasteiger partial charge in [0, 0.05) is 35.9 Å². The van der Waals surface area contributed by atoms with Gasteiger partial charge < -0.3 is 20.5 Å². The Labute approximate surface area is 281 Å². The zero-order valence-electron chi connectivity index (χ0n) is 27.8. The molecule has 3 N–H and O–H groups in total. The molecule has 47 heavy (non-hydrogen) atoms. The predicted octanol–water partition coefficient (Wildman–Crippen LogP) is 8.94. The maximum atomic E-state index is 13.5. The maximum Gasteiger partial charge on any atom is 0.258 e. The van der Waals surface area contributed by atoms with E-state index in [-0.39, 0.29) is 11.8 Å². The molecule has 0 unspecified atom stereocenters. The van der Waals surface area contributed by atoms with Crippen molar-refractivity contribution in [3.05, 3.63) is 117 Å². The zero-order valence-corrected chi connectivity index (χ0v) is 28.5. The van der Waals surface area contributed by atoms with E-state index in [1.165, 1.54) is 0 Å². The van der Waals surface area contributed by atoms with E-state index in [0.29, 0.717) is 33.6 Å². The Balaban J connectivity index is 1.35. The summed E-state index contributed by atoms with van der Waals surface area (Å²) in [6.45, 7) is 10.2. The van der Waals surface area contributed by atoms with Crippen LogP contribution in [0.3, 0.4) is 0 Å². The fourth-order valence-corrected chi connectivity index (χ4v) is 6.02. The monoisotopic (exact) mass is 648 g/mol. The fraction of sp³-hybridized carbons (Fsp3) is 0.263. The van der Waals surface area contributed by atoms with Gasteiger partial charge in [-0.05, 0) is 90.8 Å². The van der Waals surface area contributed by atoms with Gasteiger partial charge in [-0.25, -0.2) is 9.97 Å². The first-order valence-corrected chi connectivity index (χ1v) is 16.5. The molecule has 2 heterocycles. The largest absolute Gasteiger partial charge is 0.333 e. The predicted molar refractivity (Wildman–Crippen MR) is 192 cm³/mol. The first-order valence-electron chi connectivity index (χ1n) is 16.1. The minimum atomic E-state index is -0.274. The quantitative estimate of drug-likeness (QED) is 0.133. The molecule has 5 aromatic rings. The fourth-order valence-electron chi connectivity index (χ4n) is 5.78. The van der Waals surface area contributed by atoms with Gasteiger partial charge >= 0.3 is 0 Å². The lowest BCUT2D eigenvalue weighted by Gasteiger charge is -2.15. The number of carbonyl (C=O) groups is 2. The molecule has 2 amide bonds. The topological polar surface area (TPSA) is 101 Å². The van der Waals surface area contributed by atoms with Crippen LogP contribution < -0.4 is 16.0 Å². The van der Waals surface area contributed by atoms with Crippen LogP contribution in [-0.2, 0) is 32.7 Å². The second-order valence-corrected chi connectivity index (χ2v) is 11.8. The second kappa shape index (κ2) is 14.6. The third-order valence-electron chi connectivity index (χ3n) is 8.53. The van der Waals surface area contributed by atoms with E-state index < -0.39 is 0 Å². The highest BCUT2D eigenvalue weighted by molar-refractivity contribution is 6.34. The third kappa shape index (κ3) is 7.08. The number of benzene rings is 3. The lowest BCUT2D eigenvalue weighted by atomic mass is 10.0. The summed E-state index contributed by atoms with van der Waals surface area (Å²) in [5, 5.41) is 9.84. The molecule has 0 aliphatic rings. The van der Waals surface area contributed by atoms with Crippen LogP contribution in [0.2, 0.25) is 5.15 Å². The van der Waals surface area contributed by atoms with E-state index in [9.17, 15) is 9.59 Å². The Morgan fingerprint density at radius 3 is 1.85 bits per heavy atom. The lowest BCUT2D eigenvalue weighted by molar-refractivity contribution is 0.101. The highest BCUT2D eigenvalue weighted by atomic mass is 35.5. The van der Waals surface area contributed by atoms with E-state index in [2.05, 4.69) is 60.8 Å². The number of nitrogens with one attached hydrogen (secondary N) is 3. The molecule has 242 valence electrons. The number of hydrogen-bond donors (Lipinski definition) is 3. The number of hydrogen-bond acceptors (Lipinski definition) is 5. The van der Waals surface area contributed by atoms with Crippen molar-refractivity contribution in [2.75, 3.05) is 16.0 Å². The molecule has 0 atom stereocenters. The molecule has 8 nitrogen and oxygen atoms in total. The summed E-state index contributed by atoms with van der Waals surface area (Å²) in [5.74, 6) is -0.0539. The van der Waals surface area contributed by atoms with E-state index in [1.807, 2.05) is 43.3 Å². The Morgan fingerprint density at radius 2 is 1.32 bits per heavy atom. The summed E-state index contributed by atoms with van der Waals surface area (Å²) in [6.07, 6.45) is 4.93. The van der Waals surface area contributed by atoms with Gasteiger partial charge in [-0.15, -0.1) is 0 Å². The van der Waals surface area contributed by atoms with Gasteiger partial charge in [0.2, 0.25) is 5.95 Å². The molecule has 0 saturated carbocycles. The number of para-hydroxylation sites is 2. The molecule has 0 saturated heterocycles. The van der Waals surface area contributed by atoms with Gasteiger partial charge in [-0.3, -0.25) is 9.59 Å². The van der Waals surface area contributed by atoms with Crippen molar-refractivity contribution in [1.29, 1.82) is 0 Å². The van der Waals surface area contributed by atoms with Gasteiger partial charge in [-0.1, -0.05) is 75.7 Å². The van der Waals surface area contributed by atoms with Gasteiger partial charge in [0.25, 0.3) is 11.8 Å². The summed E-state index contributed by atoms with van der Waals surface area (Å²) in [5.41, 5.74) is 9.96. The molecule has 9 heteroatoms. The number of aryl methyl sites for hydroxylation is 5. The third-order valence-corrected chi connectivity index (χ3v) is 8.99. The van der Waals surface area contributed by atoms with Crippen LogP contribution in [0.15, 0.2) is 72.9 Å². The van der Waals surface area contributed by atoms with Crippen LogP contribution in [0.5, 0.6) is 0 Å². The molecule has 3 aromatic carbocycles. The number of nitrogens with zero attached hydrogens (tertiary/aromatic N) is 3. The van der Waals surface area contributed by atoms with Crippen LogP contribution in [0.1, 0.15) is 76.2 Å². The van der Waals surface area contributed by atoms with Crippen molar-refractivity contribution in [1.82, 2.24) is 14.5 Å². The molecule has 0 aliphatic heterocycles. The van der Waals surface area contributed by atoms with Gasteiger partial charge in [0.1, 0.15) is 5.15 Å². The first kappa shape index (κ1) is 33.4. The Bertz CT molecular complexity index is 1900. The van der Waals surface area contributed by atoms with Gasteiger partial charge in [-0.2, -0.15) is 0 Å². The normalized spacial score (nSPS) is 11.0. The van der Waals surface area contributed by atoms with Crippen LogP contribution in [-0.4, -0.2) is 26.3 Å². The van der Waals surface area contributed by atoms with E-state index in [0.717, 1.165) is 70.6 Å². The molecule has 0 aliphatic carbocycles. The number of aromatic nitrogens is 3. The molecular formula is C38H41ClN6O2. The molecule has 0 radical (unpaired) electrons. The van der Waals surface area contributed by atoms with Crippen molar-refractivity contribution in [3.63, 3.8) is 0 Å². The number of anilines is 4. The molecule has 0 spiro atoms. The lowest BCUT2D eigenvalue weighted by Crippen LogP contribution is -2.15. The van der Waals surface area contributed by atoms with Crippen molar-refractivity contribution in [2.45, 2.75) is 60.3 Å². The maximum absolute atomic E-state index is 13.5. The Morgan fingerprint density at radius 1 is 0.766 bits per heavy atom. The summed E-state index contributed by atoms with van der Waals surface area (Å²) >= 11 is 6.70. The van der Waals surface area contributed by atoms with E-state index in [4.69, 9.17) is 16.6 Å². The minimum Gasteiger partial charge on any atom is -0.333 e. The summed E-state index contributed by atoms with van der Waals surface area (Å²) in [4.78, 5) is 35.9. The minimum absolute atomic E-state index is 0.155. The standard InChI is InChI=1S/C38H41ClN6O2/c1-7-24-13-11-14-25(8-2)33(24)43-36(46)28-17-18-30(23(5)21-28)41-38-40-20-19-31(42-38)32-22-29(35(39)45(32)6)37(47)44-34-26(9-3)15-12-16-27(34)10-4/h11-22H,7-10H2,1-6H3,(H,43,46)(H,44,47)(H,40,41,42).